The number of unbranched alkanes of at least 4 members (excludes halogenated alkanes) is 1. The van der Waals surface area contributed by atoms with E-state index >= 15 is 0 Å². The van der Waals surface area contributed by atoms with Crippen molar-refractivity contribution in [3.63, 3.8) is 0 Å². The van der Waals surface area contributed by atoms with Gasteiger partial charge in [0.15, 0.2) is 0 Å². The van der Waals surface area contributed by atoms with E-state index in [1.54, 1.807) is 0 Å². The van der Waals surface area contributed by atoms with E-state index in [9.17, 15) is 23.2 Å². The molecule has 2 amide bonds. The molecule has 1 aliphatic heterocycles. The average Bonchev–Trinajstić information content (AvgIpc) is 3.29. The number of nitrogens with zero attached hydrogens (tertiary/aromatic N) is 2. The van der Waals surface area contributed by atoms with Crippen LogP contribution in [-0.2, 0) is 14.3 Å². The third-order valence-corrected chi connectivity index (χ3v) is 6.34. The SMILES string of the molecule is CC/C=C\C/C=C\C/C=C\C/C=C\C/C=C\CCCC(=O)NCCNC(=O)OCC1CC(F)(F)C(n2ccc(N)nc2=O)O1. The van der Waals surface area contributed by atoms with Crippen molar-refractivity contribution >= 4 is 17.8 Å². The number of hydrogen-bond donors (Lipinski definition) is 3. The Bertz CT molecular complexity index is 1230. The van der Waals surface area contributed by atoms with Gasteiger partial charge in [-0.2, -0.15) is 4.98 Å². The highest BCUT2D eigenvalue weighted by Crippen LogP contribution is 2.41. The van der Waals surface area contributed by atoms with E-state index in [1.807, 2.05) is 0 Å². The molecule has 2 atom stereocenters. The van der Waals surface area contributed by atoms with E-state index in [-0.39, 0.29) is 24.8 Å². The quantitative estimate of drug-likeness (QED) is 0.137. The van der Waals surface area contributed by atoms with Gasteiger partial charge in [-0.25, -0.2) is 18.4 Å². The molecule has 1 aliphatic rings. The smallest absolute Gasteiger partial charge is 0.407 e. The minimum absolute atomic E-state index is 0.0957. The predicted octanol–water partition coefficient (Wildman–Crippen LogP) is 5.51. The summed E-state index contributed by atoms with van der Waals surface area (Å²) in [6.07, 6.45) is 24.5. The van der Waals surface area contributed by atoms with E-state index < -0.39 is 43.1 Å². The number of carbonyl (C=O) groups excluding carboxylic acids is 2. The third-order valence-electron chi connectivity index (χ3n) is 6.34. The molecule has 1 fully saturated rings. The van der Waals surface area contributed by atoms with Gasteiger partial charge in [0, 0.05) is 32.1 Å². The lowest BCUT2D eigenvalue weighted by Crippen LogP contribution is -2.36. The number of nitrogen functional groups attached to an aromatic ring is 1. The van der Waals surface area contributed by atoms with Gasteiger partial charge in [0.2, 0.25) is 12.1 Å². The Labute approximate surface area is 257 Å². The summed E-state index contributed by atoms with van der Waals surface area (Å²) in [5.41, 5.74) is 4.43. The van der Waals surface area contributed by atoms with Gasteiger partial charge >= 0.3 is 11.8 Å². The van der Waals surface area contributed by atoms with E-state index in [2.05, 4.69) is 83.3 Å². The Kier molecular flexibility index (Phi) is 17.1. The second-order valence-electron chi connectivity index (χ2n) is 10.1. The van der Waals surface area contributed by atoms with Crippen molar-refractivity contribution in [3.05, 3.63) is 83.5 Å². The summed E-state index contributed by atoms with van der Waals surface area (Å²) < 4.78 is 39.7. The number of nitrogens with one attached hydrogen (secondary N) is 2. The number of ether oxygens (including phenoxy) is 2. The predicted molar refractivity (Wildman–Crippen MR) is 167 cm³/mol. The second kappa shape index (κ2) is 20.8. The van der Waals surface area contributed by atoms with Gasteiger partial charge in [-0.3, -0.25) is 9.36 Å². The Balaban J connectivity index is 1.47. The molecule has 2 heterocycles. The summed E-state index contributed by atoms with van der Waals surface area (Å²) in [4.78, 5) is 39.2. The van der Waals surface area contributed by atoms with Gasteiger partial charge < -0.3 is 25.8 Å². The number of hydrogen-bond acceptors (Lipinski definition) is 7. The molecule has 0 spiro atoms. The number of rotatable bonds is 19. The lowest BCUT2D eigenvalue weighted by Gasteiger charge is -2.19. The van der Waals surface area contributed by atoms with Crippen molar-refractivity contribution in [2.45, 2.75) is 83.0 Å². The van der Waals surface area contributed by atoms with Crippen LogP contribution in [0.5, 0.6) is 0 Å². The summed E-state index contributed by atoms with van der Waals surface area (Å²) >= 11 is 0. The number of halogens is 2. The minimum atomic E-state index is -3.37. The van der Waals surface area contributed by atoms with Crippen molar-refractivity contribution < 1.29 is 27.8 Å². The van der Waals surface area contributed by atoms with Crippen molar-refractivity contribution in [2.75, 3.05) is 25.4 Å². The highest BCUT2D eigenvalue weighted by Gasteiger charge is 2.52. The lowest BCUT2D eigenvalue weighted by atomic mass is 10.2. The van der Waals surface area contributed by atoms with Crippen LogP contribution in [0, 0.1) is 0 Å². The highest BCUT2D eigenvalue weighted by atomic mass is 19.3. The van der Waals surface area contributed by atoms with Gasteiger partial charge in [-0.1, -0.05) is 67.7 Å². The fourth-order valence-corrected chi connectivity index (χ4v) is 4.13. The maximum Gasteiger partial charge on any atom is 0.407 e. The van der Waals surface area contributed by atoms with Crippen LogP contribution in [0.2, 0.25) is 0 Å². The van der Waals surface area contributed by atoms with Gasteiger partial charge in [-0.15, -0.1) is 0 Å². The molecule has 0 radical (unpaired) electrons. The number of carbonyl (C=O) groups is 2. The standard InChI is InChI=1S/C32H45F2N5O5/c1-2-3-4-5-6-7-8-9-10-11-12-13-14-15-16-17-18-19-28(40)36-21-22-37-31(42)43-25-26-24-32(33,34)29(44-26)39-23-20-27(35)38-30(39)41/h3-4,6-7,9-10,12-13,15-16,20,23,26,29H,2,5,8,11,14,17-19,21-22,24-25H2,1H3,(H,36,40)(H,37,42)(H2,35,38,41)/b4-3-,7-6-,10-9-,13-12-,16-15-. The van der Waals surface area contributed by atoms with Crippen LogP contribution in [0.4, 0.5) is 19.4 Å². The first-order chi connectivity index (χ1) is 21.2. The molecule has 2 rings (SSSR count). The van der Waals surface area contributed by atoms with Crippen LogP contribution in [0.15, 0.2) is 77.8 Å². The molecule has 2 unspecified atom stereocenters. The minimum Gasteiger partial charge on any atom is -0.447 e. The van der Waals surface area contributed by atoms with Crippen molar-refractivity contribution in [1.29, 1.82) is 0 Å². The van der Waals surface area contributed by atoms with Crippen LogP contribution in [0.1, 0.15) is 70.9 Å². The number of allylic oxidation sites excluding steroid dienone is 10. The van der Waals surface area contributed by atoms with E-state index in [0.29, 0.717) is 17.4 Å². The Morgan fingerprint density at radius 3 is 2.23 bits per heavy atom. The third kappa shape index (κ3) is 14.9. The molecule has 1 aromatic rings. The van der Waals surface area contributed by atoms with Gasteiger partial charge in [-0.05, 0) is 51.0 Å². The number of aromatic nitrogens is 2. The van der Waals surface area contributed by atoms with Crippen LogP contribution >= 0.6 is 0 Å². The number of alkyl halides is 2. The molecule has 4 N–H and O–H groups in total. The summed E-state index contributed by atoms with van der Waals surface area (Å²) in [7, 11) is 0. The first kappa shape index (κ1) is 36.1. The van der Waals surface area contributed by atoms with Crippen LogP contribution in [0.3, 0.4) is 0 Å². The summed E-state index contributed by atoms with van der Waals surface area (Å²) in [6, 6.07) is 1.21. The maximum absolute atomic E-state index is 14.4. The number of amides is 2. The van der Waals surface area contributed by atoms with Crippen LogP contribution < -0.4 is 22.1 Å². The molecule has 1 aromatic heterocycles. The van der Waals surface area contributed by atoms with Crippen LogP contribution in [-0.4, -0.2) is 53.3 Å². The molecule has 0 aliphatic carbocycles. The Morgan fingerprint density at radius 2 is 1.61 bits per heavy atom. The molecular weight excluding hydrogens is 572 g/mol. The zero-order chi connectivity index (χ0) is 32.0. The topological polar surface area (TPSA) is 138 Å². The average molecular weight is 618 g/mol. The molecule has 0 aromatic carbocycles. The van der Waals surface area contributed by atoms with E-state index in [1.165, 1.54) is 6.07 Å². The molecule has 10 nitrogen and oxygen atoms in total. The Hall–Kier alpha value is -4.06. The van der Waals surface area contributed by atoms with Gasteiger partial charge in [0.25, 0.3) is 5.92 Å². The number of alkyl carbamates (subject to hydrolysis) is 1. The van der Waals surface area contributed by atoms with E-state index in [0.717, 1.165) is 44.7 Å². The second-order valence-corrected chi connectivity index (χ2v) is 10.1. The van der Waals surface area contributed by atoms with Crippen molar-refractivity contribution in [2.24, 2.45) is 0 Å². The Morgan fingerprint density at radius 1 is 1.02 bits per heavy atom. The molecule has 1 saturated heterocycles. The molecule has 44 heavy (non-hydrogen) atoms. The first-order valence-corrected chi connectivity index (χ1v) is 15.0. The van der Waals surface area contributed by atoms with Crippen LogP contribution in [0.25, 0.3) is 0 Å². The number of anilines is 1. The largest absolute Gasteiger partial charge is 0.447 e. The molecule has 242 valence electrons. The molecule has 0 saturated carbocycles. The maximum atomic E-state index is 14.4. The van der Waals surface area contributed by atoms with Crippen molar-refractivity contribution in [1.82, 2.24) is 20.2 Å². The first-order valence-electron chi connectivity index (χ1n) is 15.0. The molecular formula is C32H45F2N5O5. The highest BCUT2D eigenvalue weighted by molar-refractivity contribution is 5.75. The molecule has 0 bridgehead atoms. The summed E-state index contributed by atoms with van der Waals surface area (Å²) in [6.45, 7) is 2.00. The monoisotopic (exact) mass is 617 g/mol. The number of nitrogens with two attached hydrogens (primary N) is 1. The van der Waals surface area contributed by atoms with Gasteiger partial charge in [0.05, 0.1) is 0 Å². The summed E-state index contributed by atoms with van der Waals surface area (Å²) in [5, 5.41) is 5.15. The van der Waals surface area contributed by atoms with E-state index in [4.69, 9.17) is 15.2 Å². The molecule has 12 heteroatoms. The van der Waals surface area contributed by atoms with Crippen molar-refractivity contribution in [3.8, 4) is 0 Å². The zero-order valence-corrected chi connectivity index (χ0v) is 25.3. The summed E-state index contributed by atoms with van der Waals surface area (Å²) in [5.74, 6) is -3.60. The normalized spacial score (nSPS) is 18.3. The fraction of sp³-hybridized carbons (Fsp3) is 0.500. The lowest BCUT2D eigenvalue weighted by molar-refractivity contribution is -0.121. The fourth-order valence-electron chi connectivity index (χ4n) is 4.13. The zero-order valence-electron chi connectivity index (χ0n) is 25.3. The van der Waals surface area contributed by atoms with Gasteiger partial charge in [0.1, 0.15) is 18.5 Å².